The lowest BCUT2D eigenvalue weighted by molar-refractivity contribution is 0.882. The first-order valence-electron chi connectivity index (χ1n) is 5.70. The van der Waals surface area contributed by atoms with Crippen LogP contribution in [0, 0.1) is 6.92 Å². The fourth-order valence-corrected chi connectivity index (χ4v) is 2.37. The molecule has 18 heavy (non-hydrogen) atoms. The van der Waals surface area contributed by atoms with E-state index in [2.05, 4.69) is 17.2 Å². The maximum atomic E-state index is 6.19. The molecule has 0 spiro atoms. The molecular weight excluding hydrogens is 267 g/mol. The highest BCUT2D eigenvalue weighted by molar-refractivity contribution is 6.35. The van der Waals surface area contributed by atoms with E-state index in [1.54, 1.807) is 12.3 Å². The van der Waals surface area contributed by atoms with Crippen LogP contribution in [0.5, 0.6) is 0 Å². The van der Waals surface area contributed by atoms with E-state index in [1.165, 1.54) is 0 Å². The van der Waals surface area contributed by atoms with Crippen LogP contribution >= 0.6 is 23.2 Å². The number of rotatable bonds is 3. The summed E-state index contributed by atoms with van der Waals surface area (Å²) in [7, 11) is 0. The van der Waals surface area contributed by atoms with E-state index in [-0.39, 0.29) is 6.04 Å². The van der Waals surface area contributed by atoms with Crippen molar-refractivity contribution in [2.45, 2.75) is 19.9 Å². The van der Waals surface area contributed by atoms with Crippen LogP contribution in [0.1, 0.15) is 24.1 Å². The number of aryl methyl sites for hydroxylation is 1. The second-order valence-electron chi connectivity index (χ2n) is 4.22. The topological polar surface area (TPSA) is 24.9 Å². The van der Waals surface area contributed by atoms with Crippen LogP contribution in [-0.2, 0) is 0 Å². The number of benzene rings is 1. The molecule has 1 aromatic heterocycles. The Morgan fingerprint density at radius 2 is 2.00 bits per heavy atom. The summed E-state index contributed by atoms with van der Waals surface area (Å²) < 4.78 is 0. The number of nitrogens with zero attached hydrogens (tertiary/aromatic N) is 1. The number of hydrogen-bond donors (Lipinski definition) is 1. The number of nitrogens with one attached hydrogen (secondary N) is 1. The summed E-state index contributed by atoms with van der Waals surface area (Å²) in [5.41, 5.74) is 3.19. The maximum Gasteiger partial charge on any atom is 0.0500 e. The van der Waals surface area contributed by atoms with E-state index in [0.29, 0.717) is 10.0 Å². The Morgan fingerprint density at radius 1 is 1.22 bits per heavy atom. The zero-order chi connectivity index (χ0) is 13.1. The highest BCUT2D eigenvalue weighted by Gasteiger charge is 2.10. The van der Waals surface area contributed by atoms with Crippen molar-refractivity contribution in [3.8, 4) is 0 Å². The standard InChI is InChI=1S/C14H14Cl2N2/c1-9-8-17-6-5-14(9)18-10(2)12-4-3-11(15)7-13(12)16/h3-8,10H,1-2H3,(H,17,18). The number of pyridine rings is 1. The Morgan fingerprint density at radius 3 is 2.67 bits per heavy atom. The molecule has 94 valence electrons. The Balaban J connectivity index is 2.22. The molecule has 1 unspecified atom stereocenters. The first kappa shape index (κ1) is 13.2. The van der Waals surface area contributed by atoms with Crippen LogP contribution in [-0.4, -0.2) is 4.98 Å². The van der Waals surface area contributed by atoms with E-state index >= 15 is 0 Å². The predicted octanol–water partition coefficient (Wildman–Crippen LogP) is 4.87. The average Bonchev–Trinajstić information content (AvgIpc) is 2.32. The first-order chi connectivity index (χ1) is 8.58. The molecule has 1 aromatic carbocycles. The third-order valence-corrected chi connectivity index (χ3v) is 3.38. The van der Waals surface area contributed by atoms with Gasteiger partial charge in [0.05, 0.1) is 6.04 Å². The monoisotopic (exact) mass is 280 g/mol. The van der Waals surface area contributed by atoms with Gasteiger partial charge in [-0.2, -0.15) is 0 Å². The molecular formula is C14H14Cl2N2. The minimum absolute atomic E-state index is 0.107. The van der Waals surface area contributed by atoms with Gasteiger partial charge in [-0.05, 0) is 43.2 Å². The van der Waals surface area contributed by atoms with Gasteiger partial charge in [0.1, 0.15) is 0 Å². The summed E-state index contributed by atoms with van der Waals surface area (Å²) in [6, 6.07) is 7.61. The lowest BCUT2D eigenvalue weighted by Gasteiger charge is -2.18. The zero-order valence-corrected chi connectivity index (χ0v) is 11.8. The van der Waals surface area contributed by atoms with Crippen molar-refractivity contribution in [1.82, 2.24) is 4.98 Å². The second-order valence-corrected chi connectivity index (χ2v) is 5.07. The van der Waals surface area contributed by atoms with Crippen molar-refractivity contribution < 1.29 is 0 Å². The summed E-state index contributed by atoms with van der Waals surface area (Å²) in [4.78, 5) is 4.07. The normalized spacial score (nSPS) is 12.2. The van der Waals surface area contributed by atoms with Gasteiger partial charge >= 0.3 is 0 Å². The molecule has 4 heteroatoms. The van der Waals surface area contributed by atoms with Gasteiger partial charge in [0, 0.05) is 28.1 Å². The molecule has 1 atom stereocenters. The van der Waals surface area contributed by atoms with Crippen molar-refractivity contribution in [3.63, 3.8) is 0 Å². The van der Waals surface area contributed by atoms with Crippen LogP contribution in [0.15, 0.2) is 36.7 Å². The molecule has 2 nitrogen and oxygen atoms in total. The molecule has 1 heterocycles. The van der Waals surface area contributed by atoms with Crippen molar-refractivity contribution in [2.75, 3.05) is 5.32 Å². The molecule has 0 fully saturated rings. The van der Waals surface area contributed by atoms with Gasteiger partial charge in [-0.15, -0.1) is 0 Å². The SMILES string of the molecule is Cc1cnccc1NC(C)c1ccc(Cl)cc1Cl. The Labute approximate surface area is 117 Å². The molecule has 0 aliphatic heterocycles. The molecule has 0 aliphatic carbocycles. The van der Waals surface area contributed by atoms with Crippen LogP contribution in [0.4, 0.5) is 5.69 Å². The van der Waals surface area contributed by atoms with Crippen molar-refractivity contribution in [1.29, 1.82) is 0 Å². The smallest absolute Gasteiger partial charge is 0.0500 e. The summed E-state index contributed by atoms with van der Waals surface area (Å²) in [5, 5.41) is 4.74. The number of hydrogen-bond acceptors (Lipinski definition) is 2. The molecule has 2 aromatic rings. The fourth-order valence-electron chi connectivity index (χ4n) is 1.80. The fraction of sp³-hybridized carbons (Fsp3) is 0.214. The van der Waals surface area contributed by atoms with Gasteiger partial charge in [-0.3, -0.25) is 4.98 Å². The first-order valence-corrected chi connectivity index (χ1v) is 6.45. The summed E-state index contributed by atoms with van der Waals surface area (Å²) >= 11 is 12.1. The van der Waals surface area contributed by atoms with Gasteiger partial charge in [-0.1, -0.05) is 29.3 Å². The highest BCUT2D eigenvalue weighted by atomic mass is 35.5. The van der Waals surface area contributed by atoms with Gasteiger partial charge in [0.15, 0.2) is 0 Å². The number of halogens is 2. The molecule has 0 saturated heterocycles. The van der Waals surface area contributed by atoms with Crippen LogP contribution in [0.25, 0.3) is 0 Å². The third-order valence-electron chi connectivity index (χ3n) is 2.82. The minimum atomic E-state index is 0.107. The molecule has 2 rings (SSSR count). The Kier molecular flexibility index (Phi) is 4.10. The van der Waals surface area contributed by atoms with Crippen LogP contribution in [0.2, 0.25) is 10.0 Å². The van der Waals surface area contributed by atoms with Crippen molar-refractivity contribution >= 4 is 28.9 Å². The number of aromatic nitrogens is 1. The van der Waals surface area contributed by atoms with Gasteiger partial charge < -0.3 is 5.32 Å². The Hall–Kier alpha value is -1.25. The molecule has 0 aliphatic rings. The van der Waals surface area contributed by atoms with E-state index < -0.39 is 0 Å². The Bertz CT molecular complexity index is 555. The third kappa shape index (κ3) is 2.95. The predicted molar refractivity (Wildman–Crippen MR) is 77.5 cm³/mol. The van der Waals surface area contributed by atoms with Crippen LogP contribution in [0.3, 0.4) is 0 Å². The number of anilines is 1. The molecule has 0 bridgehead atoms. The average molecular weight is 281 g/mol. The zero-order valence-electron chi connectivity index (χ0n) is 10.2. The van der Waals surface area contributed by atoms with E-state index in [4.69, 9.17) is 23.2 Å². The summed E-state index contributed by atoms with van der Waals surface area (Å²) in [6.45, 7) is 4.08. The van der Waals surface area contributed by atoms with Gasteiger partial charge in [0.2, 0.25) is 0 Å². The van der Waals surface area contributed by atoms with Gasteiger partial charge in [0.25, 0.3) is 0 Å². The largest absolute Gasteiger partial charge is 0.378 e. The quantitative estimate of drug-likeness (QED) is 0.868. The van der Waals surface area contributed by atoms with Crippen molar-refractivity contribution in [3.05, 3.63) is 57.8 Å². The lowest BCUT2D eigenvalue weighted by atomic mass is 10.1. The van der Waals surface area contributed by atoms with E-state index in [9.17, 15) is 0 Å². The van der Waals surface area contributed by atoms with E-state index in [0.717, 1.165) is 16.8 Å². The molecule has 1 N–H and O–H groups in total. The maximum absolute atomic E-state index is 6.19. The summed E-state index contributed by atoms with van der Waals surface area (Å²) in [5.74, 6) is 0. The molecule has 0 radical (unpaired) electrons. The molecule has 0 amide bonds. The minimum Gasteiger partial charge on any atom is -0.378 e. The van der Waals surface area contributed by atoms with Crippen molar-refractivity contribution in [2.24, 2.45) is 0 Å². The second kappa shape index (κ2) is 5.59. The van der Waals surface area contributed by atoms with Crippen LogP contribution < -0.4 is 5.32 Å². The van der Waals surface area contributed by atoms with Gasteiger partial charge in [-0.25, -0.2) is 0 Å². The highest BCUT2D eigenvalue weighted by Crippen LogP contribution is 2.29. The summed E-state index contributed by atoms with van der Waals surface area (Å²) in [6.07, 6.45) is 3.60. The van der Waals surface area contributed by atoms with E-state index in [1.807, 2.05) is 31.3 Å². The lowest BCUT2D eigenvalue weighted by Crippen LogP contribution is -2.08. The molecule has 0 saturated carbocycles.